The second kappa shape index (κ2) is 6.16. The van der Waals surface area contributed by atoms with E-state index in [2.05, 4.69) is 23.6 Å². The van der Waals surface area contributed by atoms with E-state index in [1.165, 1.54) is 5.56 Å². The predicted molar refractivity (Wildman–Crippen MR) is 79.3 cm³/mol. The zero-order chi connectivity index (χ0) is 13.7. The minimum absolute atomic E-state index is 0.256. The smallest absolute Gasteiger partial charge is 0.143 e. The summed E-state index contributed by atoms with van der Waals surface area (Å²) in [4.78, 5) is 14.9. The predicted octanol–water partition coefficient (Wildman–Crippen LogP) is 3.19. The van der Waals surface area contributed by atoms with Crippen LogP contribution in [0, 0.1) is 0 Å². The molecule has 19 heavy (non-hydrogen) atoms. The van der Waals surface area contributed by atoms with Crippen LogP contribution in [0.15, 0.2) is 43.0 Å². The maximum absolute atomic E-state index is 12.5. The first-order valence-corrected chi connectivity index (χ1v) is 7.15. The van der Waals surface area contributed by atoms with Crippen molar-refractivity contribution in [3.05, 3.63) is 48.6 Å². The van der Waals surface area contributed by atoms with Crippen LogP contribution in [0.3, 0.4) is 0 Å². The van der Waals surface area contributed by atoms with Gasteiger partial charge in [0.2, 0.25) is 0 Å². The molecular weight excluding hydrogens is 234 g/mol. The van der Waals surface area contributed by atoms with E-state index >= 15 is 0 Å². The molecule has 102 valence electrons. The summed E-state index contributed by atoms with van der Waals surface area (Å²) < 4.78 is 0. The quantitative estimate of drug-likeness (QED) is 0.755. The second-order valence-corrected chi connectivity index (χ2v) is 5.31. The van der Waals surface area contributed by atoms with Gasteiger partial charge in [-0.05, 0) is 31.5 Å². The molecule has 0 atom stereocenters. The molecule has 0 radical (unpaired) electrons. The van der Waals surface area contributed by atoms with Crippen LogP contribution in [0.4, 0.5) is 0 Å². The number of nitrogens with zero attached hydrogens (tertiary/aromatic N) is 1. The third kappa shape index (κ3) is 2.79. The molecule has 1 aliphatic rings. The van der Waals surface area contributed by atoms with Crippen LogP contribution in [0.1, 0.15) is 31.7 Å². The Balaban J connectivity index is 2.24. The van der Waals surface area contributed by atoms with E-state index in [1.54, 1.807) is 0 Å². The van der Waals surface area contributed by atoms with Crippen LogP contribution in [0.2, 0.25) is 0 Å². The molecule has 0 unspecified atom stereocenters. The van der Waals surface area contributed by atoms with Crippen LogP contribution in [-0.4, -0.2) is 30.3 Å². The van der Waals surface area contributed by atoms with E-state index < -0.39 is 0 Å². The lowest BCUT2D eigenvalue weighted by Crippen LogP contribution is -2.47. The Morgan fingerprint density at radius 1 is 1.32 bits per heavy atom. The highest BCUT2D eigenvalue weighted by Crippen LogP contribution is 2.37. The number of ketones is 1. The molecule has 0 aliphatic carbocycles. The molecule has 0 N–H and O–H groups in total. The van der Waals surface area contributed by atoms with Crippen molar-refractivity contribution in [2.24, 2.45) is 0 Å². The normalized spacial score (nSPS) is 19.0. The first-order valence-electron chi connectivity index (χ1n) is 7.15. The number of hydrogen-bond acceptors (Lipinski definition) is 2. The monoisotopic (exact) mass is 257 g/mol. The average molecular weight is 257 g/mol. The lowest BCUT2D eigenvalue weighted by molar-refractivity contribution is -0.126. The van der Waals surface area contributed by atoms with Crippen LogP contribution >= 0.6 is 0 Å². The van der Waals surface area contributed by atoms with E-state index in [-0.39, 0.29) is 5.41 Å². The lowest BCUT2D eigenvalue weighted by Gasteiger charge is -2.41. The topological polar surface area (TPSA) is 20.3 Å². The molecule has 1 aliphatic heterocycles. The number of Topliss-reactive ketones (excluding diaryl/α,β-unsaturated/α-hetero) is 1. The largest absolute Gasteiger partial charge is 0.300 e. The van der Waals surface area contributed by atoms with Crippen molar-refractivity contribution >= 4 is 5.78 Å². The van der Waals surface area contributed by atoms with Crippen LogP contribution in [-0.2, 0) is 10.2 Å². The van der Waals surface area contributed by atoms with Gasteiger partial charge < -0.3 is 0 Å². The van der Waals surface area contributed by atoms with Crippen LogP contribution in [0.25, 0.3) is 0 Å². The average Bonchev–Trinajstić information content (AvgIpc) is 2.48. The van der Waals surface area contributed by atoms with Crippen LogP contribution < -0.4 is 0 Å². The zero-order valence-corrected chi connectivity index (χ0v) is 11.8. The van der Waals surface area contributed by atoms with Crippen molar-refractivity contribution in [2.75, 3.05) is 19.6 Å². The third-order valence-corrected chi connectivity index (χ3v) is 4.28. The molecule has 0 spiro atoms. The number of carbonyl (C=O) groups is 1. The summed E-state index contributed by atoms with van der Waals surface area (Å²) in [5.41, 5.74) is 0.938. The van der Waals surface area contributed by atoms with E-state index in [9.17, 15) is 4.79 Å². The fourth-order valence-electron chi connectivity index (χ4n) is 3.12. The molecule has 1 saturated heterocycles. The molecule has 1 heterocycles. The highest BCUT2D eigenvalue weighted by Gasteiger charge is 2.41. The number of carbonyl (C=O) groups excluding carboxylic acids is 1. The van der Waals surface area contributed by atoms with Gasteiger partial charge in [-0.1, -0.05) is 43.3 Å². The summed E-state index contributed by atoms with van der Waals surface area (Å²) in [6, 6.07) is 10.3. The Morgan fingerprint density at radius 2 is 1.95 bits per heavy atom. The molecule has 2 rings (SSSR count). The Morgan fingerprint density at radius 3 is 2.47 bits per heavy atom. The van der Waals surface area contributed by atoms with Gasteiger partial charge in [0.25, 0.3) is 0 Å². The molecule has 0 bridgehead atoms. The fraction of sp³-hybridized carbons (Fsp3) is 0.471. The van der Waals surface area contributed by atoms with E-state index in [4.69, 9.17) is 0 Å². The van der Waals surface area contributed by atoms with Crippen molar-refractivity contribution in [2.45, 2.75) is 31.6 Å². The van der Waals surface area contributed by atoms with Gasteiger partial charge in [-0.2, -0.15) is 0 Å². The van der Waals surface area contributed by atoms with Gasteiger partial charge in [0.1, 0.15) is 5.78 Å². The number of rotatable bonds is 5. The maximum atomic E-state index is 12.5. The summed E-state index contributed by atoms with van der Waals surface area (Å²) in [5, 5.41) is 0. The molecule has 1 fully saturated rings. The van der Waals surface area contributed by atoms with Crippen molar-refractivity contribution in [1.29, 1.82) is 0 Å². The van der Waals surface area contributed by atoms with Crippen LogP contribution in [0.5, 0.6) is 0 Å². The van der Waals surface area contributed by atoms with Gasteiger partial charge in [0, 0.05) is 13.0 Å². The zero-order valence-electron chi connectivity index (χ0n) is 11.8. The summed E-state index contributed by atoms with van der Waals surface area (Å²) in [7, 11) is 0. The van der Waals surface area contributed by atoms with E-state index in [1.807, 2.05) is 31.2 Å². The molecule has 2 nitrogen and oxygen atoms in total. The minimum Gasteiger partial charge on any atom is -0.300 e. The molecule has 1 aromatic rings. The van der Waals surface area contributed by atoms with Gasteiger partial charge >= 0.3 is 0 Å². The summed E-state index contributed by atoms with van der Waals surface area (Å²) in [6.07, 6.45) is 4.42. The van der Waals surface area contributed by atoms with Crippen molar-refractivity contribution in [3.8, 4) is 0 Å². The first-order chi connectivity index (χ1) is 9.23. The molecule has 2 heteroatoms. The summed E-state index contributed by atoms with van der Waals surface area (Å²) >= 11 is 0. The molecule has 0 saturated carbocycles. The molecule has 0 amide bonds. The molecule has 0 aromatic heterocycles. The van der Waals surface area contributed by atoms with Gasteiger partial charge in [-0.3, -0.25) is 9.69 Å². The second-order valence-electron chi connectivity index (χ2n) is 5.31. The number of hydrogen-bond donors (Lipinski definition) is 0. The van der Waals surface area contributed by atoms with Gasteiger partial charge in [0.15, 0.2) is 0 Å². The Labute approximate surface area is 116 Å². The first kappa shape index (κ1) is 14.0. The Bertz CT molecular complexity index is 430. The van der Waals surface area contributed by atoms with Crippen molar-refractivity contribution in [1.82, 2.24) is 4.90 Å². The van der Waals surface area contributed by atoms with E-state index in [0.717, 1.165) is 32.5 Å². The number of piperidine rings is 1. The third-order valence-electron chi connectivity index (χ3n) is 4.28. The summed E-state index contributed by atoms with van der Waals surface area (Å²) in [5.74, 6) is 0.386. The van der Waals surface area contributed by atoms with Gasteiger partial charge in [-0.25, -0.2) is 0 Å². The SMILES string of the molecule is C=CCN1CCC(C(=O)CC)(c2ccccc2)CC1. The highest BCUT2D eigenvalue weighted by atomic mass is 16.1. The molecule has 1 aromatic carbocycles. The fourth-order valence-corrected chi connectivity index (χ4v) is 3.12. The molecular formula is C17H23NO. The number of benzene rings is 1. The van der Waals surface area contributed by atoms with E-state index in [0.29, 0.717) is 12.2 Å². The van der Waals surface area contributed by atoms with Gasteiger partial charge in [0.05, 0.1) is 5.41 Å². The van der Waals surface area contributed by atoms with Gasteiger partial charge in [-0.15, -0.1) is 6.58 Å². The Kier molecular flexibility index (Phi) is 4.54. The lowest BCUT2D eigenvalue weighted by atomic mass is 9.69. The van der Waals surface area contributed by atoms with Crippen molar-refractivity contribution < 1.29 is 4.79 Å². The highest BCUT2D eigenvalue weighted by molar-refractivity contribution is 5.90. The minimum atomic E-state index is -0.256. The number of likely N-dealkylation sites (tertiary alicyclic amines) is 1. The Hall–Kier alpha value is -1.41. The maximum Gasteiger partial charge on any atom is 0.143 e. The summed E-state index contributed by atoms with van der Waals surface area (Å²) in [6.45, 7) is 8.65. The standard InChI is InChI=1S/C17H23NO/c1-3-12-18-13-10-17(11-14-18,16(19)4-2)15-8-6-5-7-9-15/h3,5-9H,1,4,10-14H2,2H3. The van der Waals surface area contributed by atoms with Crippen molar-refractivity contribution in [3.63, 3.8) is 0 Å².